The number of nitrogens with two attached hydrogens (primary N) is 1. The monoisotopic (exact) mass is 235 g/mol. The molecular weight excluding hydrogens is 221 g/mol. The molecule has 0 atom stereocenters. The Labute approximate surface area is 98.8 Å². The number of aromatic nitrogens is 2. The Kier molecular flexibility index (Phi) is 3.10. The topological polar surface area (TPSA) is 53.1 Å². The minimum atomic E-state index is -0.392. The van der Waals surface area contributed by atoms with Crippen LogP contribution in [0.3, 0.4) is 0 Å². The molecule has 0 fully saturated rings. The van der Waals surface area contributed by atoms with Gasteiger partial charge in [-0.05, 0) is 17.7 Å². The summed E-state index contributed by atoms with van der Waals surface area (Å²) in [6.07, 6.45) is 1.68. The molecule has 0 radical (unpaired) electrons. The summed E-state index contributed by atoms with van der Waals surface area (Å²) in [5.41, 5.74) is 8.11. The zero-order chi connectivity index (χ0) is 12.4. The maximum atomic E-state index is 13.6. The molecule has 0 saturated heterocycles. The molecule has 0 unspecified atom stereocenters. The zero-order valence-electron chi connectivity index (χ0n) is 9.77. The molecular formula is C12H14FN3O. The van der Waals surface area contributed by atoms with Gasteiger partial charge in [0.1, 0.15) is 0 Å². The smallest absolute Gasteiger partial charge is 0.165 e. The molecule has 0 aliphatic rings. The molecule has 2 aromatic rings. The molecule has 0 aliphatic heterocycles. The fourth-order valence-corrected chi connectivity index (χ4v) is 1.78. The van der Waals surface area contributed by atoms with Crippen LogP contribution in [0.2, 0.25) is 0 Å². The lowest BCUT2D eigenvalue weighted by molar-refractivity contribution is 0.386. The third-order valence-corrected chi connectivity index (χ3v) is 2.72. The summed E-state index contributed by atoms with van der Waals surface area (Å²) in [7, 11) is 3.25. The van der Waals surface area contributed by atoms with Crippen molar-refractivity contribution < 1.29 is 9.13 Å². The van der Waals surface area contributed by atoms with Gasteiger partial charge in [-0.3, -0.25) is 4.68 Å². The number of aryl methyl sites for hydroxylation is 1. The average Bonchev–Trinajstić information content (AvgIpc) is 2.70. The van der Waals surface area contributed by atoms with Crippen LogP contribution in [0.4, 0.5) is 4.39 Å². The summed E-state index contributed by atoms with van der Waals surface area (Å²) in [5, 5.41) is 4.12. The largest absolute Gasteiger partial charge is 0.494 e. The highest BCUT2D eigenvalue weighted by Gasteiger charge is 2.11. The van der Waals surface area contributed by atoms with Gasteiger partial charge in [0.05, 0.1) is 19.0 Å². The Hall–Kier alpha value is -1.88. The summed E-state index contributed by atoms with van der Waals surface area (Å²) in [4.78, 5) is 0. The second kappa shape index (κ2) is 4.55. The maximum Gasteiger partial charge on any atom is 0.165 e. The van der Waals surface area contributed by atoms with Gasteiger partial charge in [-0.15, -0.1) is 0 Å². The molecule has 0 saturated carbocycles. The fourth-order valence-electron chi connectivity index (χ4n) is 1.78. The molecule has 90 valence electrons. The van der Waals surface area contributed by atoms with Crippen LogP contribution >= 0.6 is 0 Å². The number of hydrogen-bond donors (Lipinski definition) is 1. The molecule has 0 amide bonds. The third-order valence-electron chi connectivity index (χ3n) is 2.72. The van der Waals surface area contributed by atoms with E-state index in [-0.39, 0.29) is 5.75 Å². The zero-order valence-corrected chi connectivity index (χ0v) is 9.77. The predicted molar refractivity (Wildman–Crippen MR) is 63.0 cm³/mol. The number of halogens is 1. The van der Waals surface area contributed by atoms with Crippen molar-refractivity contribution in [1.82, 2.24) is 9.78 Å². The lowest BCUT2D eigenvalue weighted by Crippen LogP contribution is -2.05. The van der Waals surface area contributed by atoms with Crippen LogP contribution in [-0.2, 0) is 13.6 Å². The maximum absolute atomic E-state index is 13.6. The highest BCUT2D eigenvalue weighted by atomic mass is 19.1. The van der Waals surface area contributed by atoms with Gasteiger partial charge in [-0.1, -0.05) is 6.07 Å². The van der Waals surface area contributed by atoms with E-state index in [2.05, 4.69) is 5.10 Å². The van der Waals surface area contributed by atoms with Crippen LogP contribution in [0.1, 0.15) is 5.69 Å². The molecule has 1 aromatic carbocycles. The van der Waals surface area contributed by atoms with E-state index in [9.17, 15) is 4.39 Å². The van der Waals surface area contributed by atoms with E-state index in [0.717, 1.165) is 16.8 Å². The molecule has 1 aromatic heterocycles. The third kappa shape index (κ3) is 2.01. The van der Waals surface area contributed by atoms with E-state index in [1.165, 1.54) is 13.2 Å². The van der Waals surface area contributed by atoms with Crippen LogP contribution in [0.25, 0.3) is 11.1 Å². The van der Waals surface area contributed by atoms with Crippen molar-refractivity contribution in [3.8, 4) is 16.9 Å². The molecule has 4 nitrogen and oxygen atoms in total. The van der Waals surface area contributed by atoms with Crippen molar-refractivity contribution in [2.24, 2.45) is 12.8 Å². The van der Waals surface area contributed by atoms with Gasteiger partial charge in [-0.2, -0.15) is 5.10 Å². The summed E-state index contributed by atoms with van der Waals surface area (Å²) in [6.45, 7) is 0.361. The quantitative estimate of drug-likeness (QED) is 0.880. The molecule has 5 heteroatoms. The summed E-state index contributed by atoms with van der Waals surface area (Å²) in [5.74, 6) is -0.163. The van der Waals surface area contributed by atoms with Crippen LogP contribution in [0.15, 0.2) is 24.4 Å². The number of ether oxygens (including phenoxy) is 1. The van der Waals surface area contributed by atoms with Gasteiger partial charge >= 0.3 is 0 Å². The molecule has 17 heavy (non-hydrogen) atoms. The van der Waals surface area contributed by atoms with Gasteiger partial charge in [0, 0.05) is 19.2 Å². The van der Waals surface area contributed by atoms with Gasteiger partial charge in [0.15, 0.2) is 11.6 Å². The first kappa shape index (κ1) is 11.6. The summed E-state index contributed by atoms with van der Waals surface area (Å²) in [6, 6.07) is 4.81. The Balaban J connectivity index is 2.49. The highest BCUT2D eigenvalue weighted by Crippen LogP contribution is 2.27. The van der Waals surface area contributed by atoms with Gasteiger partial charge in [-0.25, -0.2) is 4.39 Å². The number of methoxy groups -OCH3 is 1. The average molecular weight is 235 g/mol. The van der Waals surface area contributed by atoms with E-state index in [4.69, 9.17) is 10.5 Å². The van der Waals surface area contributed by atoms with Gasteiger partial charge < -0.3 is 10.5 Å². The van der Waals surface area contributed by atoms with Crippen LogP contribution in [0.5, 0.6) is 5.75 Å². The Bertz CT molecular complexity index is 537. The van der Waals surface area contributed by atoms with Crippen molar-refractivity contribution in [1.29, 1.82) is 0 Å². The molecule has 0 aliphatic carbocycles. The lowest BCUT2D eigenvalue weighted by Gasteiger charge is -2.06. The molecule has 2 N–H and O–H groups in total. The predicted octanol–water partition coefficient (Wildman–Crippen LogP) is 1.69. The molecule has 1 heterocycles. The van der Waals surface area contributed by atoms with Crippen molar-refractivity contribution >= 4 is 0 Å². The van der Waals surface area contributed by atoms with Crippen molar-refractivity contribution in [3.05, 3.63) is 35.9 Å². The minimum Gasteiger partial charge on any atom is -0.494 e. The Morgan fingerprint density at radius 1 is 1.47 bits per heavy atom. The van der Waals surface area contributed by atoms with Gasteiger partial charge in [0.2, 0.25) is 0 Å². The summed E-state index contributed by atoms with van der Waals surface area (Å²) >= 11 is 0. The van der Waals surface area contributed by atoms with Crippen molar-refractivity contribution in [3.63, 3.8) is 0 Å². The van der Waals surface area contributed by atoms with E-state index in [1.54, 1.807) is 23.0 Å². The van der Waals surface area contributed by atoms with Crippen LogP contribution < -0.4 is 10.5 Å². The Morgan fingerprint density at radius 3 is 2.82 bits per heavy atom. The minimum absolute atomic E-state index is 0.229. The van der Waals surface area contributed by atoms with Crippen molar-refractivity contribution in [2.75, 3.05) is 7.11 Å². The van der Waals surface area contributed by atoms with Crippen molar-refractivity contribution in [2.45, 2.75) is 6.54 Å². The van der Waals surface area contributed by atoms with E-state index in [0.29, 0.717) is 6.54 Å². The first-order valence-corrected chi connectivity index (χ1v) is 5.22. The fraction of sp³-hybridized carbons (Fsp3) is 0.250. The van der Waals surface area contributed by atoms with Crippen LogP contribution in [-0.4, -0.2) is 16.9 Å². The second-order valence-electron chi connectivity index (χ2n) is 3.68. The SMILES string of the molecule is COc1ccc(-c2cnn(C)c2CN)cc1F. The number of hydrogen-bond acceptors (Lipinski definition) is 3. The molecule has 0 spiro atoms. The van der Waals surface area contributed by atoms with Crippen LogP contribution in [0, 0.1) is 5.82 Å². The number of nitrogens with zero attached hydrogens (tertiary/aromatic N) is 2. The number of rotatable bonds is 3. The molecule has 0 bridgehead atoms. The summed E-state index contributed by atoms with van der Waals surface area (Å²) < 4.78 is 20.2. The standard InChI is InChI=1S/C12H14FN3O/c1-16-11(6-14)9(7-15-16)8-3-4-12(17-2)10(13)5-8/h3-5,7H,6,14H2,1-2H3. The highest BCUT2D eigenvalue weighted by molar-refractivity contribution is 5.66. The Morgan fingerprint density at radius 2 is 2.24 bits per heavy atom. The van der Waals surface area contributed by atoms with E-state index < -0.39 is 5.82 Å². The molecule has 2 rings (SSSR count). The van der Waals surface area contributed by atoms with Gasteiger partial charge in [0.25, 0.3) is 0 Å². The lowest BCUT2D eigenvalue weighted by atomic mass is 10.1. The first-order chi connectivity index (χ1) is 8.17. The van der Waals surface area contributed by atoms with E-state index >= 15 is 0 Å². The first-order valence-electron chi connectivity index (χ1n) is 5.22. The second-order valence-corrected chi connectivity index (χ2v) is 3.68. The van der Waals surface area contributed by atoms with E-state index in [1.807, 2.05) is 7.05 Å². The normalized spacial score (nSPS) is 10.6. The number of benzene rings is 1.